The smallest absolute Gasteiger partial charge is 0.269 e. The molecule has 150 valence electrons. The molecule has 1 aromatic rings. The van der Waals surface area contributed by atoms with E-state index in [0.717, 1.165) is 12.8 Å². The Morgan fingerprint density at radius 2 is 1.86 bits per heavy atom. The maximum atomic E-state index is 14.4. The zero-order valence-corrected chi connectivity index (χ0v) is 16.7. The number of amides is 2. The molecule has 0 radical (unpaired) electrons. The summed E-state index contributed by atoms with van der Waals surface area (Å²) < 4.78 is 14.4. The largest absolute Gasteiger partial charge is 0.350 e. The van der Waals surface area contributed by atoms with Crippen molar-refractivity contribution in [3.05, 3.63) is 52.5 Å². The van der Waals surface area contributed by atoms with E-state index in [-0.39, 0.29) is 28.8 Å². The van der Waals surface area contributed by atoms with Crippen LogP contribution >= 0.6 is 0 Å². The van der Waals surface area contributed by atoms with Crippen molar-refractivity contribution in [2.24, 2.45) is 5.41 Å². The quantitative estimate of drug-likeness (QED) is 0.627. The summed E-state index contributed by atoms with van der Waals surface area (Å²) in [7, 11) is 0. The maximum Gasteiger partial charge on any atom is 0.269 e. The average Bonchev–Trinajstić information content (AvgIpc) is 3.45. The molecule has 1 fully saturated rings. The predicted molar refractivity (Wildman–Crippen MR) is 106 cm³/mol. The summed E-state index contributed by atoms with van der Waals surface area (Å²) in [4.78, 5) is 24.5. The van der Waals surface area contributed by atoms with Gasteiger partial charge < -0.3 is 16.1 Å². The van der Waals surface area contributed by atoms with E-state index in [4.69, 9.17) is 0 Å². The Labute approximate surface area is 164 Å². The summed E-state index contributed by atoms with van der Waals surface area (Å²) in [6.45, 7) is 8.32. The van der Waals surface area contributed by atoms with Crippen LogP contribution in [0.2, 0.25) is 0 Å². The van der Waals surface area contributed by atoms with E-state index in [1.54, 1.807) is 25.1 Å². The molecule has 0 bridgehead atoms. The highest BCUT2D eigenvalue weighted by Crippen LogP contribution is 2.24. The standard InChI is InChI=1S/C21H27FN4O2/c1-12-15(9-13(10-16(12)22)19(27)24-14-5-6-14)17-7-8-18(26-25-17)20(28)23-11-21(2,3)4/h7-10,14,25-26H,5-6,11H2,1-4H3,(H,23,28)(H,24,27). The van der Waals surface area contributed by atoms with Crippen molar-refractivity contribution < 1.29 is 14.0 Å². The van der Waals surface area contributed by atoms with Crippen molar-refractivity contribution in [1.82, 2.24) is 21.5 Å². The van der Waals surface area contributed by atoms with Crippen molar-refractivity contribution in [1.29, 1.82) is 0 Å². The van der Waals surface area contributed by atoms with E-state index < -0.39 is 5.82 Å². The maximum absolute atomic E-state index is 14.4. The van der Waals surface area contributed by atoms with Gasteiger partial charge in [-0.15, -0.1) is 0 Å². The van der Waals surface area contributed by atoms with Crippen LogP contribution in [0.5, 0.6) is 0 Å². The monoisotopic (exact) mass is 386 g/mol. The summed E-state index contributed by atoms with van der Waals surface area (Å²) >= 11 is 0. The van der Waals surface area contributed by atoms with Gasteiger partial charge in [-0.25, -0.2) is 4.39 Å². The molecule has 2 amide bonds. The molecular weight excluding hydrogens is 359 g/mol. The van der Waals surface area contributed by atoms with Gasteiger partial charge in [0.15, 0.2) is 0 Å². The van der Waals surface area contributed by atoms with Crippen molar-refractivity contribution in [3.63, 3.8) is 0 Å². The molecule has 1 heterocycles. The number of hydrazine groups is 1. The molecule has 1 aliphatic carbocycles. The van der Waals surface area contributed by atoms with Crippen LogP contribution in [0.25, 0.3) is 5.70 Å². The van der Waals surface area contributed by atoms with Gasteiger partial charge in [-0.1, -0.05) is 20.8 Å². The highest BCUT2D eigenvalue weighted by atomic mass is 19.1. The number of benzene rings is 1. The number of carbonyl (C=O) groups is 2. The van der Waals surface area contributed by atoms with Crippen LogP contribution in [0.4, 0.5) is 4.39 Å². The van der Waals surface area contributed by atoms with Crippen LogP contribution in [0, 0.1) is 18.2 Å². The van der Waals surface area contributed by atoms with Gasteiger partial charge in [0.25, 0.3) is 11.8 Å². The third-order valence-corrected chi connectivity index (χ3v) is 4.58. The van der Waals surface area contributed by atoms with E-state index in [2.05, 4.69) is 21.5 Å². The first-order chi connectivity index (χ1) is 13.1. The number of halogens is 1. The summed E-state index contributed by atoms with van der Waals surface area (Å²) in [6.07, 6.45) is 5.27. The first-order valence-corrected chi connectivity index (χ1v) is 9.47. The predicted octanol–water partition coefficient (Wildman–Crippen LogP) is 2.52. The Balaban J connectivity index is 1.78. The molecule has 0 saturated heterocycles. The fraction of sp³-hybridized carbons (Fsp3) is 0.429. The van der Waals surface area contributed by atoms with Gasteiger partial charge >= 0.3 is 0 Å². The number of nitrogens with one attached hydrogen (secondary N) is 4. The first-order valence-electron chi connectivity index (χ1n) is 9.47. The fourth-order valence-electron chi connectivity index (χ4n) is 2.70. The molecule has 2 aliphatic rings. The molecule has 4 N–H and O–H groups in total. The number of hydrogen-bond acceptors (Lipinski definition) is 4. The van der Waals surface area contributed by atoms with E-state index >= 15 is 0 Å². The second kappa shape index (κ2) is 7.66. The van der Waals surface area contributed by atoms with Crippen LogP contribution in [0.1, 0.15) is 55.1 Å². The molecule has 1 aromatic carbocycles. The molecule has 0 unspecified atom stereocenters. The van der Waals surface area contributed by atoms with Crippen LogP contribution < -0.4 is 21.5 Å². The topological polar surface area (TPSA) is 82.3 Å². The van der Waals surface area contributed by atoms with E-state index in [1.807, 2.05) is 20.8 Å². The van der Waals surface area contributed by atoms with Crippen LogP contribution in [0.3, 0.4) is 0 Å². The molecule has 7 heteroatoms. The lowest BCUT2D eigenvalue weighted by Gasteiger charge is -2.23. The third-order valence-electron chi connectivity index (χ3n) is 4.58. The van der Waals surface area contributed by atoms with E-state index in [0.29, 0.717) is 29.1 Å². The number of allylic oxidation sites excluding steroid dienone is 2. The van der Waals surface area contributed by atoms with Gasteiger partial charge in [-0.3, -0.25) is 15.0 Å². The number of hydrogen-bond donors (Lipinski definition) is 4. The zero-order valence-electron chi connectivity index (χ0n) is 16.7. The Morgan fingerprint density at radius 1 is 1.14 bits per heavy atom. The average molecular weight is 386 g/mol. The summed E-state index contributed by atoms with van der Waals surface area (Å²) in [5, 5.41) is 5.73. The molecular formula is C21H27FN4O2. The lowest BCUT2D eigenvalue weighted by atomic mass is 9.97. The van der Waals surface area contributed by atoms with Gasteiger partial charge in [0.1, 0.15) is 11.5 Å². The zero-order chi connectivity index (χ0) is 20.5. The fourth-order valence-corrected chi connectivity index (χ4v) is 2.70. The molecule has 28 heavy (non-hydrogen) atoms. The Morgan fingerprint density at radius 3 is 2.43 bits per heavy atom. The minimum Gasteiger partial charge on any atom is -0.350 e. The van der Waals surface area contributed by atoms with Crippen LogP contribution in [-0.2, 0) is 4.79 Å². The minimum atomic E-state index is -0.446. The Bertz CT molecular complexity index is 864. The summed E-state index contributed by atoms with van der Waals surface area (Å²) in [5.74, 6) is -0.943. The Hall–Kier alpha value is -2.83. The van der Waals surface area contributed by atoms with Crippen LogP contribution in [-0.4, -0.2) is 24.4 Å². The summed E-state index contributed by atoms with van der Waals surface area (Å²) in [6, 6.07) is 3.12. The minimum absolute atomic E-state index is 0.0184. The van der Waals surface area contributed by atoms with E-state index in [1.165, 1.54) is 6.07 Å². The van der Waals surface area contributed by atoms with Crippen LogP contribution in [0.15, 0.2) is 30.0 Å². The van der Waals surface area contributed by atoms with Crippen molar-refractivity contribution in [3.8, 4) is 0 Å². The summed E-state index contributed by atoms with van der Waals surface area (Å²) in [5.41, 5.74) is 8.00. The molecule has 0 aromatic heterocycles. The lowest BCUT2D eigenvalue weighted by molar-refractivity contribution is -0.118. The lowest BCUT2D eigenvalue weighted by Crippen LogP contribution is -2.42. The molecule has 0 spiro atoms. The SMILES string of the molecule is Cc1c(F)cc(C(=O)NC2CC2)cc1C1=CC=C(C(=O)NCC(C)(C)C)NN1. The molecule has 1 aliphatic heterocycles. The third kappa shape index (κ3) is 4.91. The van der Waals surface area contributed by atoms with Crippen molar-refractivity contribution >= 4 is 17.5 Å². The first kappa shape index (κ1) is 19.9. The van der Waals surface area contributed by atoms with Gasteiger partial charge in [-0.2, -0.15) is 0 Å². The van der Waals surface area contributed by atoms with Gasteiger partial charge in [0, 0.05) is 23.7 Å². The molecule has 3 rings (SSSR count). The molecule has 0 atom stereocenters. The highest BCUT2D eigenvalue weighted by Gasteiger charge is 2.25. The molecule has 6 nitrogen and oxygen atoms in total. The van der Waals surface area contributed by atoms with Crippen molar-refractivity contribution in [2.45, 2.75) is 46.6 Å². The normalized spacial score (nSPS) is 16.3. The van der Waals surface area contributed by atoms with Gasteiger partial charge in [-0.05, 0) is 55.0 Å². The number of carbonyl (C=O) groups excluding carboxylic acids is 2. The van der Waals surface area contributed by atoms with Gasteiger partial charge in [0.05, 0.1) is 5.70 Å². The van der Waals surface area contributed by atoms with Crippen molar-refractivity contribution in [2.75, 3.05) is 6.54 Å². The molecule has 1 saturated carbocycles. The van der Waals surface area contributed by atoms with E-state index in [9.17, 15) is 14.0 Å². The highest BCUT2D eigenvalue weighted by molar-refractivity contribution is 5.96. The Kier molecular flexibility index (Phi) is 5.45. The second-order valence-corrected chi connectivity index (χ2v) is 8.53. The second-order valence-electron chi connectivity index (χ2n) is 8.53. The van der Waals surface area contributed by atoms with Gasteiger partial charge in [0.2, 0.25) is 0 Å². The number of rotatable bonds is 5.